The summed E-state index contributed by atoms with van der Waals surface area (Å²) in [7, 11) is 4.87. The molecule has 176 valence electrons. The Balaban J connectivity index is 0.00000363. The molecule has 2 aromatic carbocycles. The van der Waals surface area contributed by atoms with Crippen LogP contribution in [0.5, 0.6) is 17.2 Å². The van der Waals surface area contributed by atoms with Crippen LogP contribution in [0, 0.1) is 0 Å². The van der Waals surface area contributed by atoms with E-state index in [9.17, 15) is 0 Å². The largest absolute Gasteiger partial charge is 0.493 e. The minimum Gasteiger partial charge on any atom is -0.493 e. The number of aliphatic imine (C=N–C) groups is 1. The highest BCUT2D eigenvalue weighted by atomic mass is 127. The van der Waals surface area contributed by atoms with E-state index in [-0.39, 0.29) is 24.0 Å². The van der Waals surface area contributed by atoms with Crippen LogP contribution < -0.4 is 19.5 Å². The fourth-order valence-electron chi connectivity index (χ4n) is 3.78. The first-order valence-electron chi connectivity index (χ1n) is 10.8. The van der Waals surface area contributed by atoms with E-state index in [0.29, 0.717) is 23.8 Å². The second-order valence-corrected chi connectivity index (χ2v) is 7.45. The number of halogens is 1. The molecule has 8 heteroatoms. The molecule has 3 rings (SSSR count). The number of hydrogen-bond acceptors (Lipinski definition) is 5. The Bertz CT molecular complexity index is 831. The van der Waals surface area contributed by atoms with Gasteiger partial charge < -0.3 is 24.4 Å². The summed E-state index contributed by atoms with van der Waals surface area (Å²) in [6.45, 7) is 8.39. The summed E-state index contributed by atoms with van der Waals surface area (Å²) in [5.41, 5.74) is 2.37. The van der Waals surface area contributed by atoms with Crippen molar-refractivity contribution < 1.29 is 14.2 Å². The molecule has 1 N–H and O–H groups in total. The third-order valence-corrected chi connectivity index (χ3v) is 5.39. The van der Waals surface area contributed by atoms with Crippen LogP contribution in [0.15, 0.2) is 47.5 Å². The number of rotatable bonds is 8. The number of nitrogens with one attached hydrogen (secondary N) is 1. The molecule has 0 aromatic heterocycles. The molecule has 0 amide bonds. The Morgan fingerprint density at radius 3 is 2.06 bits per heavy atom. The van der Waals surface area contributed by atoms with Gasteiger partial charge in [0.05, 0.1) is 27.9 Å². The maximum absolute atomic E-state index is 5.47. The maximum Gasteiger partial charge on any atom is 0.203 e. The molecule has 0 radical (unpaired) electrons. The van der Waals surface area contributed by atoms with Crippen molar-refractivity contribution in [2.45, 2.75) is 20.0 Å². The molecule has 2 aromatic rings. The van der Waals surface area contributed by atoms with Crippen molar-refractivity contribution in [2.75, 3.05) is 54.1 Å². The van der Waals surface area contributed by atoms with E-state index in [2.05, 4.69) is 52.4 Å². The van der Waals surface area contributed by atoms with Crippen molar-refractivity contribution in [3.63, 3.8) is 0 Å². The Morgan fingerprint density at radius 1 is 0.906 bits per heavy atom. The van der Waals surface area contributed by atoms with Gasteiger partial charge in [0.1, 0.15) is 0 Å². The van der Waals surface area contributed by atoms with Gasteiger partial charge in [-0.3, -0.25) is 4.90 Å². The molecule has 7 nitrogen and oxygen atoms in total. The average Bonchev–Trinajstić information content (AvgIpc) is 2.82. The van der Waals surface area contributed by atoms with Crippen LogP contribution in [0.2, 0.25) is 0 Å². The van der Waals surface area contributed by atoms with Crippen LogP contribution in [0.3, 0.4) is 0 Å². The first-order valence-corrected chi connectivity index (χ1v) is 10.8. The van der Waals surface area contributed by atoms with Crippen LogP contribution in [-0.2, 0) is 13.1 Å². The molecular weight excluding hydrogens is 519 g/mol. The molecule has 0 saturated carbocycles. The van der Waals surface area contributed by atoms with E-state index < -0.39 is 0 Å². The SMILES string of the molecule is CCNC(=NCc1cc(OC)c(OC)c(OC)c1)N1CCN(Cc2ccccc2)CC1.I. The molecule has 0 spiro atoms. The van der Waals surface area contributed by atoms with Crippen LogP contribution in [0.1, 0.15) is 18.1 Å². The lowest BCUT2D eigenvalue weighted by Crippen LogP contribution is -2.52. The van der Waals surface area contributed by atoms with E-state index in [4.69, 9.17) is 19.2 Å². The van der Waals surface area contributed by atoms with Crippen molar-refractivity contribution >= 4 is 29.9 Å². The maximum atomic E-state index is 5.47. The van der Waals surface area contributed by atoms with Gasteiger partial charge >= 0.3 is 0 Å². The zero-order valence-corrected chi connectivity index (χ0v) is 21.8. The third-order valence-electron chi connectivity index (χ3n) is 5.39. The van der Waals surface area contributed by atoms with Gasteiger partial charge in [-0.05, 0) is 30.2 Å². The van der Waals surface area contributed by atoms with Crippen molar-refractivity contribution in [3.8, 4) is 17.2 Å². The predicted octanol–water partition coefficient (Wildman–Crippen LogP) is 3.61. The van der Waals surface area contributed by atoms with Gasteiger partial charge in [-0.2, -0.15) is 0 Å². The minimum atomic E-state index is 0. The summed E-state index contributed by atoms with van der Waals surface area (Å²) in [6.07, 6.45) is 0. The Morgan fingerprint density at radius 2 is 1.53 bits per heavy atom. The molecule has 1 aliphatic rings. The third kappa shape index (κ3) is 6.90. The normalized spacial score (nSPS) is 14.5. The molecule has 0 bridgehead atoms. The Hall–Kier alpha value is -2.20. The fraction of sp³-hybridized carbons (Fsp3) is 0.458. The number of nitrogens with zero attached hydrogens (tertiary/aromatic N) is 3. The lowest BCUT2D eigenvalue weighted by Gasteiger charge is -2.36. The molecule has 32 heavy (non-hydrogen) atoms. The van der Waals surface area contributed by atoms with Crippen LogP contribution in [0.4, 0.5) is 0 Å². The molecule has 1 aliphatic heterocycles. The van der Waals surface area contributed by atoms with Gasteiger partial charge in [0.25, 0.3) is 0 Å². The van der Waals surface area contributed by atoms with Crippen LogP contribution >= 0.6 is 24.0 Å². The number of ether oxygens (including phenoxy) is 3. The summed E-state index contributed by atoms with van der Waals surface area (Å²) < 4.78 is 16.3. The second kappa shape index (κ2) is 13.4. The lowest BCUT2D eigenvalue weighted by molar-refractivity contribution is 0.172. The highest BCUT2D eigenvalue weighted by Gasteiger charge is 2.20. The van der Waals surface area contributed by atoms with Gasteiger partial charge in [-0.1, -0.05) is 30.3 Å². The van der Waals surface area contributed by atoms with E-state index >= 15 is 0 Å². The monoisotopic (exact) mass is 554 g/mol. The average molecular weight is 554 g/mol. The number of benzene rings is 2. The number of piperazine rings is 1. The second-order valence-electron chi connectivity index (χ2n) is 7.45. The van der Waals surface area contributed by atoms with E-state index in [1.54, 1.807) is 21.3 Å². The van der Waals surface area contributed by atoms with Gasteiger partial charge in [0.15, 0.2) is 17.5 Å². The molecule has 1 saturated heterocycles. The first kappa shape index (κ1) is 26.1. The summed E-state index contributed by atoms with van der Waals surface area (Å²) >= 11 is 0. The molecular formula is C24H35IN4O3. The summed E-state index contributed by atoms with van der Waals surface area (Å²) in [6, 6.07) is 14.5. The topological polar surface area (TPSA) is 58.6 Å². The quantitative estimate of drug-likeness (QED) is 0.306. The Kier molecular flexibility index (Phi) is 10.9. The van der Waals surface area contributed by atoms with Gasteiger partial charge in [0.2, 0.25) is 5.75 Å². The zero-order chi connectivity index (χ0) is 22.1. The van der Waals surface area contributed by atoms with Crippen molar-refractivity contribution in [1.82, 2.24) is 15.1 Å². The van der Waals surface area contributed by atoms with Gasteiger partial charge in [-0.25, -0.2) is 4.99 Å². The van der Waals surface area contributed by atoms with E-state index in [0.717, 1.165) is 50.8 Å². The number of methoxy groups -OCH3 is 3. The van der Waals surface area contributed by atoms with Gasteiger partial charge in [0, 0.05) is 39.3 Å². The standard InChI is InChI=1S/C24H34N4O3.HI/c1-5-25-24(26-17-20-15-21(29-2)23(31-4)22(16-20)30-3)28-13-11-27(12-14-28)18-19-9-7-6-8-10-19;/h6-10,15-16H,5,11-14,17-18H2,1-4H3,(H,25,26);1H. The summed E-state index contributed by atoms with van der Waals surface area (Å²) in [5, 5.41) is 3.44. The van der Waals surface area contributed by atoms with Crippen LogP contribution in [-0.4, -0.2) is 69.8 Å². The van der Waals surface area contributed by atoms with Gasteiger partial charge in [-0.15, -0.1) is 24.0 Å². The highest BCUT2D eigenvalue weighted by Crippen LogP contribution is 2.38. The van der Waals surface area contributed by atoms with Crippen molar-refractivity contribution in [2.24, 2.45) is 4.99 Å². The van der Waals surface area contributed by atoms with E-state index in [1.165, 1.54) is 5.56 Å². The Labute approximate surface area is 208 Å². The lowest BCUT2D eigenvalue weighted by atomic mass is 10.2. The zero-order valence-electron chi connectivity index (χ0n) is 19.5. The molecule has 1 fully saturated rings. The minimum absolute atomic E-state index is 0. The molecule has 1 heterocycles. The van der Waals surface area contributed by atoms with Crippen molar-refractivity contribution in [3.05, 3.63) is 53.6 Å². The molecule has 0 unspecified atom stereocenters. The highest BCUT2D eigenvalue weighted by molar-refractivity contribution is 14.0. The van der Waals surface area contributed by atoms with E-state index in [1.807, 2.05) is 12.1 Å². The first-order chi connectivity index (χ1) is 15.2. The predicted molar refractivity (Wildman–Crippen MR) is 140 cm³/mol. The summed E-state index contributed by atoms with van der Waals surface area (Å²) in [5.74, 6) is 2.83. The van der Waals surface area contributed by atoms with Crippen molar-refractivity contribution in [1.29, 1.82) is 0 Å². The molecule has 0 aliphatic carbocycles. The summed E-state index contributed by atoms with van der Waals surface area (Å²) in [4.78, 5) is 9.71. The smallest absolute Gasteiger partial charge is 0.203 e. The van der Waals surface area contributed by atoms with Crippen LogP contribution in [0.25, 0.3) is 0 Å². The molecule has 0 atom stereocenters. The number of guanidine groups is 1. The number of hydrogen-bond donors (Lipinski definition) is 1. The fourth-order valence-corrected chi connectivity index (χ4v) is 3.78.